The topological polar surface area (TPSA) is 145 Å². The van der Waals surface area contributed by atoms with Gasteiger partial charge in [0.2, 0.25) is 11.7 Å². The number of benzene rings is 1. The predicted molar refractivity (Wildman–Crippen MR) is 114 cm³/mol. The molecule has 2 N–H and O–H groups in total. The number of halogens is 1. The molecular formula is C20H22ClN6NaO4. The van der Waals surface area contributed by atoms with Crippen LogP contribution in [0.5, 0.6) is 5.75 Å². The van der Waals surface area contributed by atoms with Crippen molar-refractivity contribution >= 4 is 46.3 Å². The van der Waals surface area contributed by atoms with Crippen LogP contribution in [-0.4, -0.2) is 43.3 Å². The van der Waals surface area contributed by atoms with Crippen molar-refractivity contribution in [3.8, 4) is 5.75 Å². The maximum Gasteiger partial charge on any atom is 1.00 e. The smallest absolute Gasteiger partial charge is 0.550 e. The second kappa shape index (κ2) is 11.0. The fraction of sp³-hybridized carbons (Fsp3) is 0.400. The zero-order chi connectivity index (χ0) is 22.7. The number of carboxylic acid groups (broad SMARTS) is 1. The Morgan fingerprint density at radius 2 is 2.03 bits per heavy atom. The molecule has 32 heavy (non-hydrogen) atoms. The van der Waals surface area contributed by atoms with Crippen LogP contribution in [0.4, 0.5) is 11.4 Å². The van der Waals surface area contributed by atoms with E-state index >= 15 is 0 Å². The number of aromatic hydroxyl groups is 1. The molecular weight excluding hydrogens is 447 g/mol. The summed E-state index contributed by atoms with van der Waals surface area (Å²) in [6.45, 7) is 5.90. The largest absolute Gasteiger partial charge is 1.00 e. The Morgan fingerprint density at radius 1 is 1.31 bits per heavy atom. The van der Waals surface area contributed by atoms with Gasteiger partial charge in [0.25, 0.3) is 0 Å². The van der Waals surface area contributed by atoms with E-state index in [0.717, 1.165) is 0 Å². The molecule has 10 nitrogen and oxygen atoms in total. The van der Waals surface area contributed by atoms with Crippen LogP contribution in [0.1, 0.15) is 64.0 Å². The number of phenolic OH excluding ortho intramolecular Hbond substituents is 1. The predicted octanol–water partition coefficient (Wildman–Crippen LogP) is -0.628. The van der Waals surface area contributed by atoms with Crippen molar-refractivity contribution < 1.29 is 49.4 Å². The molecule has 2 heterocycles. The van der Waals surface area contributed by atoms with Gasteiger partial charge in [0, 0.05) is 18.3 Å². The van der Waals surface area contributed by atoms with E-state index in [0.29, 0.717) is 35.2 Å². The molecule has 0 bridgehead atoms. The van der Waals surface area contributed by atoms with Crippen LogP contribution in [0.3, 0.4) is 0 Å². The number of anilines is 1. The molecule has 1 aliphatic heterocycles. The van der Waals surface area contributed by atoms with Crippen LogP contribution >= 0.6 is 11.6 Å². The summed E-state index contributed by atoms with van der Waals surface area (Å²) in [5.41, 5.74) is 1.69. The fourth-order valence-electron chi connectivity index (χ4n) is 2.91. The van der Waals surface area contributed by atoms with Crippen LogP contribution in [0, 0.1) is 0 Å². The fourth-order valence-corrected chi connectivity index (χ4v) is 3.12. The molecule has 164 valence electrons. The molecule has 1 aliphatic rings. The van der Waals surface area contributed by atoms with Crippen LogP contribution in [0.2, 0.25) is 5.02 Å². The molecule has 0 radical (unpaired) electrons. The van der Waals surface area contributed by atoms with Gasteiger partial charge in [-0.05, 0) is 31.4 Å². The first-order valence-corrected chi connectivity index (χ1v) is 10.2. The van der Waals surface area contributed by atoms with Gasteiger partial charge in [0.05, 0.1) is 22.1 Å². The van der Waals surface area contributed by atoms with Gasteiger partial charge in [-0.15, -0.1) is 9.89 Å². The van der Waals surface area contributed by atoms with E-state index in [1.54, 1.807) is 0 Å². The van der Waals surface area contributed by atoms with Crippen LogP contribution < -0.4 is 40.0 Å². The Hall–Kier alpha value is -2.27. The normalized spacial score (nSPS) is 13.7. The number of nitrogens with one attached hydrogen (secondary N) is 1. The van der Waals surface area contributed by atoms with Crippen molar-refractivity contribution in [2.24, 2.45) is 10.1 Å². The molecule has 1 aromatic heterocycles. The summed E-state index contributed by atoms with van der Waals surface area (Å²) in [5, 5.41) is 32.1. The zero-order valence-electron chi connectivity index (χ0n) is 18.3. The Morgan fingerprint density at radius 3 is 2.66 bits per heavy atom. The average molecular weight is 469 g/mol. The van der Waals surface area contributed by atoms with E-state index < -0.39 is 11.9 Å². The van der Waals surface area contributed by atoms with Crippen LogP contribution in [0.25, 0.3) is 0 Å². The second-order valence-electron chi connectivity index (χ2n) is 7.30. The van der Waals surface area contributed by atoms with Gasteiger partial charge >= 0.3 is 29.6 Å². The summed E-state index contributed by atoms with van der Waals surface area (Å²) in [6, 6.07) is 2.94. The first-order chi connectivity index (χ1) is 14.7. The number of rotatable bonds is 8. The zero-order valence-corrected chi connectivity index (χ0v) is 21.1. The van der Waals surface area contributed by atoms with Crippen molar-refractivity contribution in [1.29, 1.82) is 0 Å². The van der Waals surface area contributed by atoms with Crippen molar-refractivity contribution in [3.05, 3.63) is 28.8 Å². The summed E-state index contributed by atoms with van der Waals surface area (Å²) in [6.07, 6.45) is 0.451. The van der Waals surface area contributed by atoms with Gasteiger partial charge in [-0.1, -0.05) is 32.4 Å². The first-order valence-electron chi connectivity index (χ1n) is 9.86. The number of aromatic nitrogens is 3. The van der Waals surface area contributed by atoms with E-state index in [4.69, 9.17) is 11.6 Å². The van der Waals surface area contributed by atoms with Crippen LogP contribution in [-0.2, 0) is 9.59 Å². The number of fused-ring (bicyclic) bond motifs is 1. The summed E-state index contributed by atoms with van der Waals surface area (Å²) in [5.74, 6) is -0.709. The second-order valence-corrected chi connectivity index (χ2v) is 7.70. The monoisotopic (exact) mass is 468 g/mol. The third kappa shape index (κ3) is 5.94. The number of amides is 1. The number of nitrogens with zero attached hydrogens (tertiary/aromatic N) is 5. The van der Waals surface area contributed by atoms with E-state index in [2.05, 4.69) is 25.5 Å². The van der Waals surface area contributed by atoms with E-state index in [1.807, 2.05) is 20.8 Å². The maximum absolute atomic E-state index is 12.1. The van der Waals surface area contributed by atoms with Crippen molar-refractivity contribution in [2.45, 2.75) is 52.4 Å². The summed E-state index contributed by atoms with van der Waals surface area (Å²) < 4.78 is 0. The quantitative estimate of drug-likeness (QED) is 0.390. The molecule has 0 fully saturated rings. The Labute approximate surface area is 212 Å². The number of hydrogen-bond acceptors (Lipinski definition) is 8. The minimum atomic E-state index is -1.23. The Kier molecular flexibility index (Phi) is 8.97. The van der Waals surface area contributed by atoms with Gasteiger partial charge in [0.1, 0.15) is 5.71 Å². The molecule has 1 aromatic carbocycles. The van der Waals surface area contributed by atoms with Crippen molar-refractivity contribution in [2.75, 3.05) is 5.32 Å². The number of carbonyl (C=O) groups is 2. The maximum atomic E-state index is 12.1. The van der Waals surface area contributed by atoms with Gasteiger partial charge < -0.3 is 20.3 Å². The molecule has 12 heteroatoms. The van der Waals surface area contributed by atoms with Crippen molar-refractivity contribution in [1.82, 2.24) is 14.9 Å². The average Bonchev–Trinajstić information content (AvgIpc) is 3.24. The molecule has 0 saturated heterocycles. The summed E-state index contributed by atoms with van der Waals surface area (Å²) >= 11 is 6.13. The number of hydrogen-bond donors (Lipinski definition) is 2. The third-order valence-corrected chi connectivity index (χ3v) is 4.79. The minimum Gasteiger partial charge on any atom is -0.550 e. The van der Waals surface area contributed by atoms with E-state index in [-0.39, 0.29) is 71.2 Å². The van der Waals surface area contributed by atoms with Gasteiger partial charge in [-0.2, -0.15) is 5.10 Å². The first kappa shape index (κ1) is 26.0. The number of phenols is 1. The molecule has 0 saturated carbocycles. The van der Waals surface area contributed by atoms with E-state index in [9.17, 15) is 19.8 Å². The van der Waals surface area contributed by atoms with Gasteiger partial charge in [-0.25, -0.2) is 9.98 Å². The van der Waals surface area contributed by atoms with Crippen LogP contribution in [0.15, 0.2) is 22.2 Å². The molecule has 1 amide bonds. The number of aliphatic imine (C=N–C) groups is 1. The minimum absolute atomic E-state index is 0. The molecule has 0 unspecified atom stereocenters. The van der Waals surface area contributed by atoms with E-state index in [1.165, 1.54) is 16.9 Å². The number of aliphatic carboxylic acids is 1. The van der Waals surface area contributed by atoms with Gasteiger partial charge in [-0.3, -0.25) is 4.79 Å². The van der Waals surface area contributed by atoms with Gasteiger partial charge in [0.15, 0.2) is 11.6 Å². The molecule has 0 aliphatic carbocycles. The Balaban J connectivity index is 0.00000363. The van der Waals surface area contributed by atoms with Crippen molar-refractivity contribution in [3.63, 3.8) is 0 Å². The number of carboxylic acids is 1. The molecule has 0 atom stereocenters. The Bertz CT molecular complexity index is 1100. The SMILES string of the molecule is CCC1=Nn2nc(C(C)C)nc2C1=Nc1cc(Cl)c(O)c(NC(=O)CCCC(=O)[O-])c1.[Na+]. The summed E-state index contributed by atoms with van der Waals surface area (Å²) in [4.78, 5) is 33.2. The molecule has 0 spiro atoms. The third-order valence-electron chi connectivity index (χ3n) is 4.51. The molecule has 3 rings (SSSR count). The standard InChI is InChI=1S/C20H23ClN6O4.Na/c1-4-13-17(20-24-19(10(2)3)26-27(20)25-13)22-11-8-12(21)18(31)14(9-11)23-15(28)6-5-7-16(29)30;/h8-10,31H,4-7H2,1-3H3,(H,23,28)(H,29,30);/q;+1/p-1. The molecule has 2 aromatic rings. The summed E-state index contributed by atoms with van der Waals surface area (Å²) in [7, 11) is 0. The number of carbonyl (C=O) groups excluding carboxylic acids is 2.